The number of ether oxygens (including phenoxy) is 3. The van der Waals surface area contributed by atoms with Crippen molar-refractivity contribution < 1.29 is 23.8 Å². The van der Waals surface area contributed by atoms with Gasteiger partial charge in [-0.25, -0.2) is 0 Å². The van der Waals surface area contributed by atoms with Gasteiger partial charge in [0, 0.05) is 19.4 Å². The summed E-state index contributed by atoms with van der Waals surface area (Å²) in [6.45, 7) is 7.78. The SMILES string of the molecule is CCCC/C=C\CCCCCCCCOCC(COC(=O)CCCCCCCCC/C=C\CCCCCCCC)OC(=O)CCCCCCC/C=C\CCCCCC. The van der Waals surface area contributed by atoms with E-state index in [4.69, 9.17) is 14.2 Å². The van der Waals surface area contributed by atoms with E-state index in [0.29, 0.717) is 19.4 Å². The Hall–Kier alpha value is -1.88. The fourth-order valence-electron chi connectivity index (χ4n) is 7.25. The minimum absolute atomic E-state index is 0.0803. The Labute approximate surface area is 361 Å². The minimum atomic E-state index is -0.541. The van der Waals surface area contributed by atoms with Crippen LogP contribution >= 0.6 is 0 Å². The highest BCUT2D eigenvalue weighted by atomic mass is 16.6. The van der Waals surface area contributed by atoms with Gasteiger partial charge in [0.15, 0.2) is 6.10 Å². The number of unbranched alkanes of at least 4 members (excludes halogenated alkanes) is 30. The molecule has 0 amide bonds. The highest BCUT2D eigenvalue weighted by molar-refractivity contribution is 5.70. The molecule has 0 heterocycles. The molecule has 0 bridgehead atoms. The van der Waals surface area contributed by atoms with Crippen molar-refractivity contribution >= 4 is 11.9 Å². The molecule has 0 fully saturated rings. The highest BCUT2D eigenvalue weighted by Gasteiger charge is 2.17. The lowest BCUT2D eigenvalue weighted by Crippen LogP contribution is -2.30. The molecule has 5 nitrogen and oxygen atoms in total. The van der Waals surface area contributed by atoms with Crippen molar-refractivity contribution in [3.63, 3.8) is 0 Å². The van der Waals surface area contributed by atoms with Crippen LogP contribution in [0, 0.1) is 0 Å². The molecule has 58 heavy (non-hydrogen) atoms. The molecule has 0 spiro atoms. The van der Waals surface area contributed by atoms with Crippen molar-refractivity contribution in [1.29, 1.82) is 0 Å². The fraction of sp³-hybridized carbons (Fsp3) is 0.849. The molecule has 5 heteroatoms. The van der Waals surface area contributed by atoms with E-state index < -0.39 is 6.10 Å². The summed E-state index contributed by atoms with van der Waals surface area (Å²) in [6, 6.07) is 0. The van der Waals surface area contributed by atoms with Crippen LogP contribution in [0.3, 0.4) is 0 Å². The first kappa shape index (κ1) is 56.1. The molecule has 0 aromatic rings. The van der Waals surface area contributed by atoms with Crippen LogP contribution in [0.5, 0.6) is 0 Å². The Kier molecular flexibility index (Phi) is 47.9. The molecule has 0 aliphatic rings. The van der Waals surface area contributed by atoms with Crippen molar-refractivity contribution in [3.8, 4) is 0 Å². The van der Waals surface area contributed by atoms with E-state index in [0.717, 1.165) is 51.4 Å². The summed E-state index contributed by atoms with van der Waals surface area (Å²) in [5, 5.41) is 0. The largest absolute Gasteiger partial charge is 0.462 e. The summed E-state index contributed by atoms with van der Waals surface area (Å²) < 4.78 is 17.4. The molecule has 0 aliphatic heterocycles. The number of rotatable bonds is 47. The smallest absolute Gasteiger partial charge is 0.306 e. The van der Waals surface area contributed by atoms with Crippen LogP contribution in [0.25, 0.3) is 0 Å². The summed E-state index contributed by atoms with van der Waals surface area (Å²) in [6.07, 6.45) is 58.6. The third-order valence-corrected chi connectivity index (χ3v) is 11.1. The summed E-state index contributed by atoms with van der Waals surface area (Å²) >= 11 is 0. The van der Waals surface area contributed by atoms with Crippen LogP contribution in [0.4, 0.5) is 0 Å². The van der Waals surface area contributed by atoms with Crippen LogP contribution in [-0.4, -0.2) is 37.9 Å². The van der Waals surface area contributed by atoms with Crippen molar-refractivity contribution in [2.45, 2.75) is 271 Å². The molecule has 0 N–H and O–H groups in total. The third-order valence-electron chi connectivity index (χ3n) is 11.1. The van der Waals surface area contributed by atoms with Crippen LogP contribution in [0.1, 0.15) is 265 Å². The lowest BCUT2D eigenvalue weighted by molar-refractivity contribution is -0.163. The van der Waals surface area contributed by atoms with Gasteiger partial charge in [0.1, 0.15) is 6.61 Å². The zero-order valence-electron chi connectivity index (χ0n) is 39.1. The van der Waals surface area contributed by atoms with Crippen LogP contribution in [0.15, 0.2) is 36.5 Å². The summed E-state index contributed by atoms with van der Waals surface area (Å²) in [7, 11) is 0. The lowest BCUT2D eigenvalue weighted by atomic mass is 10.1. The average molecular weight is 815 g/mol. The normalized spacial score (nSPS) is 12.4. The lowest BCUT2D eigenvalue weighted by Gasteiger charge is -2.18. The van der Waals surface area contributed by atoms with E-state index in [-0.39, 0.29) is 25.2 Å². The molecule has 1 atom stereocenters. The second-order valence-electron chi connectivity index (χ2n) is 17.1. The number of hydrogen-bond donors (Lipinski definition) is 0. The summed E-state index contributed by atoms with van der Waals surface area (Å²) in [5.74, 6) is -0.406. The number of carbonyl (C=O) groups is 2. The predicted octanol–water partition coefficient (Wildman–Crippen LogP) is 17.0. The average Bonchev–Trinajstić information content (AvgIpc) is 3.22. The van der Waals surface area contributed by atoms with Crippen LogP contribution < -0.4 is 0 Å². The topological polar surface area (TPSA) is 61.8 Å². The van der Waals surface area contributed by atoms with Gasteiger partial charge in [0.2, 0.25) is 0 Å². The maximum absolute atomic E-state index is 12.8. The van der Waals surface area contributed by atoms with E-state index in [9.17, 15) is 9.59 Å². The van der Waals surface area contributed by atoms with Crippen LogP contribution in [0.2, 0.25) is 0 Å². The van der Waals surface area contributed by atoms with E-state index in [2.05, 4.69) is 57.2 Å². The van der Waals surface area contributed by atoms with Crippen molar-refractivity contribution in [3.05, 3.63) is 36.5 Å². The molecule has 0 aliphatic carbocycles. The van der Waals surface area contributed by atoms with E-state index in [1.165, 1.54) is 180 Å². The summed E-state index contributed by atoms with van der Waals surface area (Å²) in [4.78, 5) is 25.3. The number of esters is 2. The first-order valence-electron chi connectivity index (χ1n) is 25.5. The molecule has 340 valence electrons. The van der Waals surface area contributed by atoms with Gasteiger partial charge in [-0.2, -0.15) is 0 Å². The van der Waals surface area contributed by atoms with Gasteiger partial charge >= 0.3 is 11.9 Å². The second kappa shape index (κ2) is 49.5. The quantitative estimate of drug-likeness (QED) is 0.0348. The van der Waals surface area contributed by atoms with Gasteiger partial charge in [0.05, 0.1) is 6.61 Å². The second-order valence-corrected chi connectivity index (χ2v) is 17.1. The molecule has 0 saturated carbocycles. The number of allylic oxidation sites excluding steroid dienone is 6. The maximum atomic E-state index is 12.8. The molecule has 1 unspecified atom stereocenters. The van der Waals surface area contributed by atoms with Gasteiger partial charge in [-0.05, 0) is 89.9 Å². The molecule has 0 saturated heterocycles. The third kappa shape index (κ3) is 46.8. The zero-order chi connectivity index (χ0) is 42.1. The Morgan fingerprint density at radius 2 is 0.690 bits per heavy atom. The van der Waals surface area contributed by atoms with Gasteiger partial charge in [-0.1, -0.05) is 198 Å². The van der Waals surface area contributed by atoms with Gasteiger partial charge < -0.3 is 14.2 Å². The van der Waals surface area contributed by atoms with Crippen molar-refractivity contribution in [2.75, 3.05) is 19.8 Å². The van der Waals surface area contributed by atoms with Gasteiger partial charge in [-0.15, -0.1) is 0 Å². The first-order chi connectivity index (χ1) is 28.6. The summed E-state index contributed by atoms with van der Waals surface area (Å²) in [5.41, 5.74) is 0. The fourth-order valence-corrected chi connectivity index (χ4v) is 7.25. The standard InChI is InChI=1S/C53H98O5/c1-4-7-10-13-16-19-22-25-26-27-28-30-31-34-37-40-43-46-52(54)57-50-51(49-56-48-45-42-39-36-33-24-21-18-15-12-9-6-3)58-53(55)47-44-41-38-35-32-29-23-20-17-14-11-8-5-2/h15,18,20,23,25-26,51H,4-14,16-17,19,21-22,24,27-50H2,1-3H3/b18-15-,23-20-,26-25-. The first-order valence-corrected chi connectivity index (χ1v) is 25.5. The Bertz CT molecular complexity index is 924. The predicted molar refractivity (Wildman–Crippen MR) is 252 cm³/mol. The van der Waals surface area contributed by atoms with Gasteiger partial charge in [-0.3, -0.25) is 9.59 Å². The number of carbonyl (C=O) groups excluding carboxylic acids is 2. The van der Waals surface area contributed by atoms with E-state index in [1.54, 1.807) is 0 Å². The van der Waals surface area contributed by atoms with Crippen molar-refractivity contribution in [1.82, 2.24) is 0 Å². The Morgan fingerprint density at radius 3 is 1.12 bits per heavy atom. The molecule has 0 aromatic carbocycles. The minimum Gasteiger partial charge on any atom is -0.462 e. The van der Waals surface area contributed by atoms with Crippen LogP contribution in [-0.2, 0) is 23.8 Å². The molecular formula is C53H98O5. The van der Waals surface area contributed by atoms with E-state index >= 15 is 0 Å². The molecule has 0 aromatic heterocycles. The highest BCUT2D eigenvalue weighted by Crippen LogP contribution is 2.14. The van der Waals surface area contributed by atoms with Crippen molar-refractivity contribution in [2.24, 2.45) is 0 Å². The number of hydrogen-bond acceptors (Lipinski definition) is 5. The van der Waals surface area contributed by atoms with Gasteiger partial charge in [0.25, 0.3) is 0 Å². The Balaban J connectivity index is 4.23. The maximum Gasteiger partial charge on any atom is 0.306 e. The van der Waals surface area contributed by atoms with E-state index in [1.807, 2.05) is 0 Å². The Morgan fingerprint density at radius 1 is 0.362 bits per heavy atom. The molecule has 0 radical (unpaired) electrons. The molecular weight excluding hydrogens is 717 g/mol. The molecule has 0 rings (SSSR count). The zero-order valence-corrected chi connectivity index (χ0v) is 39.1. The monoisotopic (exact) mass is 815 g/mol.